The first kappa shape index (κ1) is 12.0. The maximum atomic E-state index is 12.4. The molecule has 0 bridgehead atoms. The summed E-state index contributed by atoms with van der Waals surface area (Å²) >= 11 is 6.09. The Kier molecular flexibility index (Phi) is 2.21. The minimum atomic E-state index is -0.475. The normalized spacial score (nSPS) is 26.8. The van der Waals surface area contributed by atoms with Gasteiger partial charge in [-0.25, -0.2) is 0 Å². The van der Waals surface area contributed by atoms with Crippen LogP contribution in [-0.2, 0) is 10.2 Å². The highest BCUT2D eigenvalue weighted by Crippen LogP contribution is 2.65. The van der Waals surface area contributed by atoms with Crippen LogP contribution in [0.2, 0.25) is 5.02 Å². The van der Waals surface area contributed by atoms with Crippen LogP contribution in [0.25, 0.3) is 0 Å². The first-order chi connectivity index (χ1) is 9.52. The number of benzene rings is 1. The van der Waals surface area contributed by atoms with Gasteiger partial charge in [-0.1, -0.05) is 11.6 Å². The molecule has 1 aliphatic carbocycles. The third-order valence-electron chi connectivity index (χ3n) is 4.60. The molecular weight excluding hydrogens is 274 g/mol. The van der Waals surface area contributed by atoms with E-state index >= 15 is 0 Å². The lowest BCUT2D eigenvalue weighted by atomic mass is 9.94. The van der Waals surface area contributed by atoms with Crippen molar-refractivity contribution in [2.75, 3.05) is 5.32 Å². The molecule has 1 N–H and O–H groups in total. The first-order valence-corrected chi connectivity index (χ1v) is 7.08. The molecule has 1 aromatic heterocycles. The molecule has 102 valence electrons. The van der Waals surface area contributed by atoms with Gasteiger partial charge in [0.15, 0.2) is 0 Å². The van der Waals surface area contributed by atoms with Crippen molar-refractivity contribution >= 4 is 23.2 Å². The Morgan fingerprint density at radius 3 is 2.85 bits per heavy atom. The summed E-state index contributed by atoms with van der Waals surface area (Å²) < 4.78 is 5.81. The standard InChI is InChI=1S/C16H14ClNO2/c1-8-5-14(20-9(8)2)12-7-16(12)11-6-10(17)3-4-13(11)18-15(16)19/h3-6,12H,7H2,1-2H3,(H,18,19). The summed E-state index contributed by atoms with van der Waals surface area (Å²) in [6.07, 6.45) is 0.790. The van der Waals surface area contributed by atoms with Crippen LogP contribution in [0.3, 0.4) is 0 Å². The molecule has 1 aromatic carbocycles. The molecule has 2 heterocycles. The molecule has 2 aromatic rings. The summed E-state index contributed by atoms with van der Waals surface area (Å²) in [4.78, 5) is 12.4. The van der Waals surface area contributed by atoms with E-state index in [1.54, 1.807) is 6.07 Å². The Hall–Kier alpha value is -1.74. The monoisotopic (exact) mass is 287 g/mol. The molecule has 1 saturated carbocycles. The lowest BCUT2D eigenvalue weighted by Crippen LogP contribution is -2.20. The lowest BCUT2D eigenvalue weighted by molar-refractivity contribution is -0.118. The van der Waals surface area contributed by atoms with Crippen LogP contribution in [0.5, 0.6) is 0 Å². The molecule has 1 aliphatic heterocycles. The van der Waals surface area contributed by atoms with Crippen LogP contribution in [0.15, 0.2) is 28.7 Å². The number of anilines is 1. The minimum absolute atomic E-state index is 0.0615. The van der Waals surface area contributed by atoms with Crippen molar-refractivity contribution in [2.24, 2.45) is 0 Å². The fraction of sp³-hybridized carbons (Fsp3) is 0.312. The molecule has 4 heteroatoms. The number of hydrogen-bond donors (Lipinski definition) is 1. The van der Waals surface area contributed by atoms with Crippen molar-refractivity contribution in [3.05, 3.63) is 51.9 Å². The fourth-order valence-corrected chi connectivity index (χ4v) is 3.45. The zero-order valence-corrected chi connectivity index (χ0v) is 12.0. The summed E-state index contributed by atoms with van der Waals surface area (Å²) in [5, 5.41) is 3.62. The predicted octanol–water partition coefficient (Wildman–Crippen LogP) is 3.93. The molecule has 2 aliphatic rings. The highest BCUT2D eigenvalue weighted by Gasteiger charge is 2.66. The van der Waals surface area contributed by atoms with Crippen molar-refractivity contribution in [3.8, 4) is 0 Å². The highest BCUT2D eigenvalue weighted by molar-refractivity contribution is 6.31. The van der Waals surface area contributed by atoms with Crippen molar-refractivity contribution in [3.63, 3.8) is 0 Å². The van der Waals surface area contributed by atoms with Gasteiger partial charge in [0.1, 0.15) is 11.5 Å². The van der Waals surface area contributed by atoms with Gasteiger partial charge in [-0.05, 0) is 55.7 Å². The van der Waals surface area contributed by atoms with E-state index in [1.165, 1.54) is 0 Å². The molecular formula is C16H14ClNO2. The van der Waals surface area contributed by atoms with Gasteiger partial charge in [-0.3, -0.25) is 4.79 Å². The Balaban J connectivity index is 1.81. The Morgan fingerprint density at radius 2 is 2.15 bits per heavy atom. The van der Waals surface area contributed by atoms with E-state index in [4.69, 9.17) is 16.0 Å². The smallest absolute Gasteiger partial charge is 0.235 e. The highest BCUT2D eigenvalue weighted by atomic mass is 35.5. The zero-order valence-electron chi connectivity index (χ0n) is 11.3. The van der Waals surface area contributed by atoms with E-state index in [9.17, 15) is 4.79 Å². The molecule has 2 unspecified atom stereocenters. The molecule has 0 saturated heterocycles. The number of fused-ring (bicyclic) bond motifs is 2. The maximum absolute atomic E-state index is 12.4. The molecule has 1 spiro atoms. The van der Waals surface area contributed by atoms with Crippen LogP contribution in [-0.4, -0.2) is 5.91 Å². The van der Waals surface area contributed by atoms with Crippen LogP contribution in [0, 0.1) is 13.8 Å². The first-order valence-electron chi connectivity index (χ1n) is 6.71. The topological polar surface area (TPSA) is 42.2 Å². The number of aryl methyl sites for hydroxylation is 2. The van der Waals surface area contributed by atoms with Gasteiger partial charge in [0.2, 0.25) is 5.91 Å². The van der Waals surface area contributed by atoms with Crippen molar-refractivity contribution < 1.29 is 9.21 Å². The second-order valence-electron chi connectivity index (χ2n) is 5.76. The number of carbonyl (C=O) groups excluding carboxylic acids is 1. The fourth-order valence-electron chi connectivity index (χ4n) is 3.28. The van der Waals surface area contributed by atoms with Crippen LogP contribution >= 0.6 is 11.6 Å². The third-order valence-corrected chi connectivity index (χ3v) is 4.84. The van der Waals surface area contributed by atoms with Gasteiger partial charge < -0.3 is 9.73 Å². The maximum Gasteiger partial charge on any atom is 0.235 e. The number of nitrogens with one attached hydrogen (secondary N) is 1. The number of halogens is 1. The second-order valence-corrected chi connectivity index (χ2v) is 6.20. The molecule has 3 nitrogen and oxygen atoms in total. The summed E-state index contributed by atoms with van der Waals surface area (Å²) in [5.41, 5.74) is 2.54. The minimum Gasteiger partial charge on any atom is -0.466 e. The SMILES string of the molecule is Cc1cc(C2CC23C(=O)Nc2ccc(Cl)cc23)oc1C. The van der Waals surface area contributed by atoms with E-state index in [1.807, 2.05) is 32.0 Å². The number of hydrogen-bond acceptors (Lipinski definition) is 2. The van der Waals surface area contributed by atoms with Crippen molar-refractivity contribution in [1.82, 2.24) is 0 Å². The largest absolute Gasteiger partial charge is 0.466 e. The third kappa shape index (κ3) is 1.39. The van der Waals surface area contributed by atoms with Gasteiger partial charge in [-0.2, -0.15) is 0 Å². The summed E-state index contributed by atoms with van der Waals surface area (Å²) in [7, 11) is 0. The zero-order chi connectivity index (χ0) is 14.1. The molecule has 4 rings (SSSR count). The number of carbonyl (C=O) groups is 1. The molecule has 0 radical (unpaired) electrons. The van der Waals surface area contributed by atoms with Crippen molar-refractivity contribution in [2.45, 2.75) is 31.6 Å². The van der Waals surface area contributed by atoms with Gasteiger partial charge in [0.05, 0.1) is 5.41 Å². The van der Waals surface area contributed by atoms with Crippen LogP contribution < -0.4 is 5.32 Å². The summed E-state index contributed by atoms with van der Waals surface area (Å²) in [5.74, 6) is 2.01. The second kappa shape index (κ2) is 3.67. The van der Waals surface area contributed by atoms with Gasteiger partial charge >= 0.3 is 0 Å². The van der Waals surface area contributed by atoms with Crippen LogP contribution in [0.4, 0.5) is 5.69 Å². The number of rotatable bonds is 1. The summed E-state index contributed by atoms with van der Waals surface area (Å²) in [6, 6.07) is 7.62. The lowest BCUT2D eigenvalue weighted by Gasteiger charge is -2.07. The van der Waals surface area contributed by atoms with E-state index in [2.05, 4.69) is 5.32 Å². The van der Waals surface area contributed by atoms with Gasteiger partial charge in [0.25, 0.3) is 0 Å². The average Bonchev–Trinajstić information content (AvgIpc) is 2.99. The Labute approximate surface area is 121 Å². The van der Waals surface area contributed by atoms with E-state index in [0.29, 0.717) is 5.02 Å². The van der Waals surface area contributed by atoms with E-state index in [0.717, 1.165) is 34.8 Å². The number of furan rings is 1. The summed E-state index contributed by atoms with van der Waals surface area (Å²) in [6.45, 7) is 3.98. The Bertz CT molecular complexity index is 729. The molecule has 20 heavy (non-hydrogen) atoms. The van der Waals surface area contributed by atoms with E-state index in [-0.39, 0.29) is 11.8 Å². The molecule has 2 atom stereocenters. The van der Waals surface area contributed by atoms with Crippen molar-refractivity contribution in [1.29, 1.82) is 0 Å². The Morgan fingerprint density at radius 1 is 1.35 bits per heavy atom. The number of amides is 1. The predicted molar refractivity (Wildman–Crippen MR) is 77.3 cm³/mol. The van der Waals surface area contributed by atoms with Gasteiger partial charge in [-0.15, -0.1) is 0 Å². The average molecular weight is 288 g/mol. The molecule has 1 amide bonds. The molecule has 1 fully saturated rings. The van der Waals surface area contributed by atoms with Crippen LogP contribution in [0.1, 0.15) is 35.0 Å². The quantitative estimate of drug-likeness (QED) is 0.863. The van der Waals surface area contributed by atoms with E-state index < -0.39 is 5.41 Å². The van der Waals surface area contributed by atoms with Gasteiger partial charge in [0, 0.05) is 16.6 Å².